The smallest absolute Gasteiger partial charge is 0.337 e. The molecular formula is C9H7N3O2. The van der Waals surface area contributed by atoms with Gasteiger partial charge in [0.1, 0.15) is 0 Å². The number of aromatic nitrogens is 3. The largest absolute Gasteiger partial charge is 0.478 e. The molecule has 0 fully saturated rings. The van der Waals surface area contributed by atoms with Gasteiger partial charge in [0.2, 0.25) is 0 Å². The van der Waals surface area contributed by atoms with Gasteiger partial charge in [-0.15, -0.1) is 0 Å². The molecule has 0 spiro atoms. The van der Waals surface area contributed by atoms with E-state index < -0.39 is 5.97 Å². The average molecular weight is 189 g/mol. The minimum atomic E-state index is -0.994. The van der Waals surface area contributed by atoms with E-state index in [1.54, 1.807) is 29.3 Å². The lowest BCUT2D eigenvalue weighted by Gasteiger charge is -2.00. The van der Waals surface area contributed by atoms with E-state index in [4.69, 9.17) is 5.11 Å². The minimum absolute atomic E-state index is 0.151. The molecule has 0 saturated heterocycles. The number of carboxylic acid groups (broad SMARTS) is 1. The van der Waals surface area contributed by atoms with Crippen LogP contribution in [0.15, 0.2) is 36.9 Å². The summed E-state index contributed by atoms with van der Waals surface area (Å²) in [5, 5.41) is 12.7. The van der Waals surface area contributed by atoms with Gasteiger partial charge in [0, 0.05) is 18.6 Å². The molecule has 0 aromatic carbocycles. The van der Waals surface area contributed by atoms with Gasteiger partial charge < -0.3 is 5.11 Å². The molecule has 0 aliphatic heterocycles. The molecule has 5 nitrogen and oxygen atoms in total. The van der Waals surface area contributed by atoms with Crippen molar-refractivity contribution < 1.29 is 9.90 Å². The van der Waals surface area contributed by atoms with Gasteiger partial charge in [-0.1, -0.05) is 0 Å². The Balaban J connectivity index is 2.46. The van der Waals surface area contributed by atoms with Crippen LogP contribution in [0.25, 0.3) is 5.69 Å². The fourth-order valence-corrected chi connectivity index (χ4v) is 1.09. The zero-order valence-corrected chi connectivity index (χ0v) is 7.16. The van der Waals surface area contributed by atoms with Gasteiger partial charge in [0.05, 0.1) is 17.4 Å². The van der Waals surface area contributed by atoms with Crippen LogP contribution in [0.5, 0.6) is 0 Å². The highest BCUT2D eigenvalue weighted by atomic mass is 16.4. The van der Waals surface area contributed by atoms with Crippen molar-refractivity contribution >= 4 is 5.97 Å². The zero-order valence-electron chi connectivity index (χ0n) is 7.16. The van der Waals surface area contributed by atoms with Crippen LogP contribution in [0.3, 0.4) is 0 Å². The van der Waals surface area contributed by atoms with Crippen molar-refractivity contribution in [3.63, 3.8) is 0 Å². The maximum absolute atomic E-state index is 10.7. The summed E-state index contributed by atoms with van der Waals surface area (Å²) in [5.41, 5.74) is 0.785. The first-order valence-electron chi connectivity index (χ1n) is 3.96. The van der Waals surface area contributed by atoms with Crippen LogP contribution in [0.2, 0.25) is 0 Å². The Labute approximate surface area is 79.6 Å². The number of hydrogen-bond acceptors (Lipinski definition) is 3. The van der Waals surface area contributed by atoms with Crippen LogP contribution >= 0.6 is 0 Å². The molecule has 70 valence electrons. The number of carbonyl (C=O) groups is 1. The minimum Gasteiger partial charge on any atom is -0.478 e. The van der Waals surface area contributed by atoms with E-state index in [0.717, 1.165) is 0 Å². The molecule has 0 saturated carbocycles. The van der Waals surface area contributed by atoms with Gasteiger partial charge in [0.15, 0.2) is 0 Å². The summed E-state index contributed by atoms with van der Waals surface area (Å²) in [6.45, 7) is 0. The van der Waals surface area contributed by atoms with Crippen LogP contribution in [-0.4, -0.2) is 25.8 Å². The Hall–Kier alpha value is -2.17. The van der Waals surface area contributed by atoms with Crippen molar-refractivity contribution in [2.75, 3.05) is 0 Å². The molecule has 0 atom stereocenters. The number of nitrogens with zero attached hydrogens (tertiary/aromatic N) is 3. The maximum atomic E-state index is 10.7. The first-order chi connectivity index (χ1) is 6.77. The van der Waals surface area contributed by atoms with Crippen LogP contribution < -0.4 is 0 Å². The Bertz CT molecular complexity index is 451. The summed E-state index contributed by atoms with van der Waals surface area (Å²) in [4.78, 5) is 14.5. The molecule has 0 bridgehead atoms. The number of aromatic carboxylic acids is 1. The lowest BCUT2D eigenvalue weighted by atomic mass is 10.3. The highest BCUT2D eigenvalue weighted by Crippen LogP contribution is 2.06. The molecule has 2 rings (SSSR count). The van der Waals surface area contributed by atoms with Gasteiger partial charge >= 0.3 is 5.97 Å². The van der Waals surface area contributed by atoms with Crippen molar-refractivity contribution in [1.29, 1.82) is 0 Å². The van der Waals surface area contributed by atoms with E-state index in [2.05, 4.69) is 10.1 Å². The lowest BCUT2D eigenvalue weighted by molar-refractivity contribution is 0.0696. The molecule has 0 amide bonds. The second-order valence-electron chi connectivity index (χ2n) is 2.69. The van der Waals surface area contributed by atoms with Crippen LogP contribution in [0.4, 0.5) is 0 Å². The SMILES string of the molecule is O=C(O)c1cncc(-n2cccn2)c1. The van der Waals surface area contributed by atoms with E-state index in [1.807, 2.05) is 0 Å². The Morgan fingerprint density at radius 3 is 2.93 bits per heavy atom. The van der Waals surface area contributed by atoms with Gasteiger partial charge in [0.25, 0.3) is 0 Å². The van der Waals surface area contributed by atoms with Crippen molar-refractivity contribution in [2.45, 2.75) is 0 Å². The van der Waals surface area contributed by atoms with Gasteiger partial charge in [-0.2, -0.15) is 5.10 Å². The topological polar surface area (TPSA) is 68.0 Å². The third kappa shape index (κ3) is 1.47. The van der Waals surface area contributed by atoms with Crippen LogP contribution in [0, 0.1) is 0 Å². The predicted molar refractivity (Wildman–Crippen MR) is 48.3 cm³/mol. The number of rotatable bonds is 2. The quantitative estimate of drug-likeness (QED) is 0.764. The highest BCUT2D eigenvalue weighted by Gasteiger charge is 2.04. The Morgan fingerprint density at radius 1 is 1.43 bits per heavy atom. The number of carboxylic acids is 1. The summed E-state index contributed by atoms with van der Waals surface area (Å²) in [7, 11) is 0. The first-order valence-corrected chi connectivity index (χ1v) is 3.96. The fourth-order valence-electron chi connectivity index (χ4n) is 1.09. The van der Waals surface area contributed by atoms with Gasteiger partial charge in [-0.25, -0.2) is 9.48 Å². The second-order valence-corrected chi connectivity index (χ2v) is 2.69. The van der Waals surface area contributed by atoms with E-state index in [-0.39, 0.29) is 5.56 Å². The van der Waals surface area contributed by atoms with Gasteiger partial charge in [-0.05, 0) is 12.1 Å². The molecule has 0 aliphatic rings. The van der Waals surface area contributed by atoms with E-state index in [0.29, 0.717) is 5.69 Å². The molecular weight excluding hydrogens is 182 g/mol. The molecule has 14 heavy (non-hydrogen) atoms. The summed E-state index contributed by atoms with van der Waals surface area (Å²) < 4.78 is 1.56. The Kier molecular flexibility index (Phi) is 1.98. The third-order valence-electron chi connectivity index (χ3n) is 1.74. The summed E-state index contributed by atoms with van der Waals surface area (Å²) >= 11 is 0. The highest BCUT2D eigenvalue weighted by molar-refractivity contribution is 5.87. The van der Waals surface area contributed by atoms with Crippen molar-refractivity contribution in [3.8, 4) is 5.69 Å². The van der Waals surface area contributed by atoms with E-state index in [9.17, 15) is 4.79 Å². The standard InChI is InChI=1S/C9H7N3O2/c13-9(14)7-4-8(6-10-5-7)12-3-1-2-11-12/h1-6H,(H,13,14). The van der Waals surface area contributed by atoms with Crippen LogP contribution in [0.1, 0.15) is 10.4 Å². The molecule has 0 radical (unpaired) electrons. The van der Waals surface area contributed by atoms with Crippen molar-refractivity contribution in [2.24, 2.45) is 0 Å². The molecule has 0 unspecified atom stereocenters. The summed E-state index contributed by atoms with van der Waals surface area (Å²) in [6.07, 6.45) is 6.20. The Morgan fingerprint density at radius 2 is 2.29 bits per heavy atom. The summed E-state index contributed by atoms with van der Waals surface area (Å²) in [6, 6.07) is 3.27. The predicted octanol–water partition coefficient (Wildman–Crippen LogP) is 0.965. The second kappa shape index (κ2) is 3.29. The molecule has 2 aromatic rings. The first kappa shape index (κ1) is 8.43. The van der Waals surface area contributed by atoms with Crippen molar-refractivity contribution in [1.82, 2.24) is 14.8 Å². The maximum Gasteiger partial charge on any atom is 0.337 e. The average Bonchev–Trinajstić information content (AvgIpc) is 2.71. The molecule has 2 aromatic heterocycles. The lowest BCUT2D eigenvalue weighted by Crippen LogP contribution is -2.01. The monoisotopic (exact) mass is 189 g/mol. The van der Waals surface area contributed by atoms with E-state index in [1.165, 1.54) is 12.3 Å². The third-order valence-corrected chi connectivity index (χ3v) is 1.74. The normalized spacial score (nSPS) is 10.0. The summed E-state index contributed by atoms with van der Waals surface area (Å²) in [5.74, 6) is -0.994. The molecule has 2 heterocycles. The fraction of sp³-hybridized carbons (Fsp3) is 0. The number of pyridine rings is 1. The van der Waals surface area contributed by atoms with Crippen LogP contribution in [-0.2, 0) is 0 Å². The zero-order chi connectivity index (χ0) is 9.97. The van der Waals surface area contributed by atoms with Gasteiger partial charge in [-0.3, -0.25) is 4.98 Å². The van der Waals surface area contributed by atoms with E-state index >= 15 is 0 Å². The molecule has 5 heteroatoms. The molecule has 0 aliphatic carbocycles. The molecule has 1 N–H and O–H groups in total. The van der Waals surface area contributed by atoms with Crippen molar-refractivity contribution in [3.05, 3.63) is 42.5 Å². The number of hydrogen-bond donors (Lipinski definition) is 1.